The van der Waals surface area contributed by atoms with Gasteiger partial charge in [-0.05, 0) is 31.2 Å². The average molecular weight is 381 g/mol. The summed E-state index contributed by atoms with van der Waals surface area (Å²) in [6.45, 7) is 2.50. The number of hydrogen-bond acceptors (Lipinski definition) is 5. The Balaban J connectivity index is 1.99. The van der Waals surface area contributed by atoms with Crippen LogP contribution in [-0.2, 0) is 11.3 Å². The molecule has 0 bridgehead atoms. The highest BCUT2D eigenvalue weighted by molar-refractivity contribution is 5.97. The SMILES string of the molecule is COCCn1c(C(C)NC(=O)c2ccccc2OC)nc2ccccc2c1=O. The first-order valence-electron chi connectivity index (χ1n) is 8.99. The van der Waals surface area contributed by atoms with Crippen LogP contribution in [0.25, 0.3) is 10.9 Å². The zero-order valence-corrected chi connectivity index (χ0v) is 16.1. The van der Waals surface area contributed by atoms with E-state index in [-0.39, 0.29) is 11.5 Å². The van der Waals surface area contributed by atoms with Crippen LogP contribution < -0.4 is 15.6 Å². The van der Waals surface area contributed by atoms with E-state index >= 15 is 0 Å². The quantitative estimate of drug-likeness (QED) is 0.680. The highest BCUT2D eigenvalue weighted by Crippen LogP contribution is 2.19. The van der Waals surface area contributed by atoms with Crippen LogP contribution in [0.3, 0.4) is 0 Å². The number of hydrogen-bond donors (Lipinski definition) is 1. The van der Waals surface area contributed by atoms with E-state index in [0.717, 1.165) is 0 Å². The number of nitrogens with zero attached hydrogens (tertiary/aromatic N) is 2. The van der Waals surface area contributed by atoms with Crippen molar-refractivity contribution in [3.05, 3.63) is 70.3 Å². The Morgan fingerprint density at radius 2 is 1.86 bits per heavy atom. The van der Waals surface area contributed by atoms with Gasteiger partial charge < -0.3 is 14.8 Å². The lowest BCUT2D eigenvalue weighted by Crippen LogP contribution is -2.34. The summed E-state index contributed by atoms with van der Waals surface area (Å²) in [5.41, 5.74) is 0.856. The zero-order chi connectivity index (χ0) is 20.1. The van der Waals surface area contributed by atoms with E-state index in [1.54, 1.807) is 61.1 Å². The van der Waals surface area contributed by atoms with E-state index in [4.69, 9.17) is 9.47 Å². The zero-order valence-electron chi connectivity index (χ0n) is 16.1. The number of methoxy groups -OCH3 is 2. The smallest absolute Gasteiger partial charge is 0.261 e. The fourth-order valence-electron chi connectivity index (χ4n) is 3.09. The predicted octanol–water partition coefficient (Wildman–Crippen LogP) is 2.54. The third-order valence-corrected chi connectivity index (χ3v) is 4.50. The van der Waals surface area contributed by atoms with Crippen LogP contribution >= 0.6 is 0 Å². The van der Waals surface area contributed by atoms with Crippen LogP contribution in [0.5, 0.6) is 5.75 Å². The van der Waals surface area contributed by atoms with Gasteiger partial charge in [0.05, 0.1) is 42.8 Å². The number of amides is 1. The second-order valence-corrected chi connectivity index (χ2v) is 6.33. The molecular weight excluding hydrogens is 358 g/mol. The van der Waals surface area contributed by atoms with Crippen LogP contribution in [0, 0.1) is 0 Å². The van der Waals surface area contributed by atoms with Gasteiger partial charge in [0.25, 0.3) is 11.5 Å². The van der Waals surface area contributed by atoms with Crippen LogP contribution in [0.1, 0.15) is 29.1 Å². The normalized spacial score (nSPS) is 12.0. The van der Waals surface area contributed by atoms with Crippen LogP contribution in [-0.4, -0.2) is 36.3 Å². The molecule has 1 atom stereocenters. The molecule has 0 aliphatic heterocycles. The summed E-state index contributed by atoms with van der Waals surface area (Å²) in [6.07, 6.45) is 0. The highest BCUT2D eigenvalue weighted by Gasteiger charge is 2.20. The standard InChI is InChI=1S/C21H23N3O4/c1-14(22-20(25)16-9-5-7-11-18(16)28-3)19-23-17-10-6-4-8-15(17)21(26)24(19)12-13-27-2/h4-11,14H,12-13H2,1-3H3,(H,22,25). The van der Waals surface area contributed by atoms with Crippen molar-refractivity contribution in [2.75, 3.05) is 20.8 Å². The summed E-state index contributed by atoms with van der Waals surface area (Å²) in [5.74, 6) is 0.657. The van der Waals surface area contributed by atoms with Gasteiger partial charge in [-0.3, -0.25) is 14.2 Å². The first kappa shape index (κ1) is 19.6. The molecule has 1 heterocycles. The number of aromatic nitrogens is 2. The van der Waals surface area contributed by atoms with Gasteiger partial charge in [0, 0.05) is 7.11 Å². The van der Waals surface area contributed by atoms with Gasteiger partial charge in [-0.15, -0.1) is 0 Å². The summed E-state index contributed by atoms with van der Waals surface area (Å²) < 4.78 is 12.0. The lowest BCUT2D eigenvalue weighted by molar-refractivity contribution is 0.0934. The number of nitrogens with one attached hydrogen (secondary N) is 1. The molecule has 1 amide bonds. The summed E-state index contributed by atoms with van der Waals surface area (Å²) in [5, 5.41) is 3.45. The van der Waals surface area contributed by atoms with Crippen molar-refractivity contribution >= 4 is 16.8 Å². The lowest BCUT2D eigenvalue weighted by atomic mass is 10.1. The maximum Gasteiger partial charge on any atom is 0.261 e. The molecule has 28 heavy (non-hydrogen) atoms. The number of benzene rings is 2. The highest BCUT2D eigenvalue weighted by atomic mass is 16.5. The molecule has 2 aromatic carbocycles. The molecule has 0 aliphatic rings. The minimum absolute atomic E-state index is 0.156. The Morgan fingerprint density at radius 3 is 2.61 bits per heavy atom. The molecule has 3 aromatic rings. The van der Waals surface area contributed by atoms with Crippen molar-refractivity contribution in [1.29, 1.82) is 0 Å². The maximum absolute atomic E-state index is 13.0. The Bertz CT molecular complexity index is 1050. The molecule has 3 rings (SSSR count). The molecule has 0 radical (unpaired) electrons. The molecule has 1 unspecified atom stereocenters. The fourth-order valence-corrected chi connectivity index (χ4v) is 3.09. The van der Waals surface area contributed by atoms with E-state index < -0.39 is 6.04 Å². The molecule has 0 fully saturated rings. The van der Waals surface area contributed by atoms with Crippen molar-refractivity contribution in [2.45, 2.75) is 19.5 Å². The number of ether oxygens (including phenoxy) is 2. The van der Waals surface area contributed by atoms with Crippen molar-refractivity contribution in [2.24, 2.45) is 0 Å². The Hall–Kier alpha value is -3.19. The second kappa shape index (κ2) is 8.67. The molecular formula is C21H23N3O4. The van der Waals surface area contributed by atoms with Gasteiger partial charge in [0.2, 0.25) is 0 Å². The fraction of sp³-hybridized carbons (Fsp3) is 0.286. The molecule has 0 saturated heterocycles. The number of rotatable bonds is 7. The van der Waals surface area contributed by atoms with Gasteiger partial charge in [-0.2, -0.15) is 0 Å². The van der Waals surface area contributed by atoms with Crippen molar-refractivity contribution in [3.63, 3.8) is 0 Å². The van der Waals surface area contributed by atoms with Crippen LogP contribution in [0.15, 0.2) is 53.3 Å². The van der Waals surface area contributed by atoms with E-state index in [1.807, 2.05) is 6.07 Å². The minimum Gasteiger partial charge on any atom is -0.496 e. The third kappa shape index (κ3) is 3.89. The Kier molecular flexibility index (Phi) is 6.06. The van der Waals surface area contributed by atoms with Gasteiger partial charge >= 0.3 is 0 Å². The van der Waals surface area contributed by atoms with E-state index in [0.29, 0.717) is 41.2 Å². The largest absolute Gasteiger partial charge is 0.496 e. The number of para-hydroxylation sites is 2. The van der Waals surface area contributed by atoms with E-state index in [2.05, 4.69) is 10.3 Å². The molecule has 7 nitrogen and oxygen atoms in total. The van der Waals surface area contributed by atoms with E-state index in [1.165, 1.54) is 7.11 Å². The first-order valence-corrected chi connectivity index (χ1v) is 8.99. The second-order valence-electron chi connectivity index (χ2n) is 6.33. The van der Waals surface area contributed by atoms with Gasteiger partial charge in [0.15, 0.2) is 0 Å². The lowest BCUT2D eigenvalue weighted by Gasteiger charge is -2.20. The van der Waals surface area contributed by atoms with E-state index in [9.17, 15) is 9.59 Å². The Morgan fingerprint density at radius 1 is 1.14 bits per heavy atom. The monoisotopic (exact) mass is 381 g/mol. The number of carbonyl (C=O) groups excluding carboxylic acids is 1. The summed E-state index contributed by atoms with van der Waals surface area (Å²) in [6, 6.07) is 13.7. The molecule has 0 saturated carbocycles. The molecule has 146 valence electrons. The topological polar surface area (TPSA) is 82.4 Å². The molecule has 1 aromatic heterocycles. The van der Waals surface area contributed by atoms with Crippen molar-refractivity contribution in [1.82, 2.24) is 14.9 Å². The molecule has 0 spiro atoms. The molecule has 1 N–H and O–H groups in total. The van der Waals surface area contributed by atoms with Crippen LogP contribution in [0.4, 0.5) is 0 Å². The van der Waals surface area contributed by atoms with Crippen molar-refractivity contribution in [3.8, 4) is 5.75 Å². The van der Waals surface area contributed by atoms with Crippen LogP contribution in [0.2, 0.25) is 0 Å². The summed E-state index contributed by atoms with van der Waals surface area (Å²) >= 11 is 0. The minimum atomic E-state index is -0.494. The maximum atomic E-state index is 13.0. The van der Waals surface area contributed by atoms with Gasteiger partial charge in [-0.1, -0.05) is 24.3 Å². The van der Waals surface area contributed by atoms with Gasteiger partial charge in [0.1, 0.15) is 11.6 Å². The average Bonchev–Trinajstić information content (AvgIpc) is 2.72. The predicted molar refractivity (Wildman–Crippen MR) is 107 cm³/mol. The number of fused-ring (bicyclic) bond motifs is 1. The van der Waals surface area contributed by atoms with Gasteiger partial charge in [-0.25, -0.2) is 4.98 Å². The third-order valence-electron chi connectivity index (χ3n) is 4.50. The first-order chi connectivity index (χ1) is 13.6. The summed E-state index contributed by atoms with van der Waals surface area (Å²) in [4.78, 5) is 30.3. The number of carbonyl (C=O) groups is 1. The summed E-state index contributed by atoms with van der Waals surface area (Å²) in [7, 11) is 3.09. The molecule has 0 aliphatic carbocycles. The molecule has 7 heteroatoms. The Labute approximate surface area is 162 Å². The van der Waals surface area contributed by atoms with Crippen molar-refractivity contribution < 1.29 is 14.3 Å².